The molecule has 2 nitrogen and oxygen atoms in total. The topological polar surface area (TPSA) is 46.2 Å². The van der Waals surface area contributed by atoms with Crippen LogP contribution < -0.4 is 5.73 Å². The SMILES string of the molecule is CCCCCCCC/C=C\CCCCCCC(CN)C(C)O. The second kappa shape index (κ2) is 17.0. The maximum absolute atomic E-state index is 9.53. The standard InChI is InChI=1S/C20H41NO/c1-3-4-5-6-7-8-9-10-11-12-13-14-15-16-17-20(18-21)19(2)22/h10-11,19-20,22H,3-9,12-18,21H2,1-2H3/b11-10-. The predicted octanol–water partition coefficient (Wildman–Crippen LogP) is 5.59. The van der Waals surface area contributed by atoms with Crippen LogP contribution in [-0.2, 0) is 0 Å². The molecule has 0 aromatic rings. The molecule has 2 unspecified atom stereocenters. The summed E-state index contributed by atoms with van der Waals surface area (Å²) in [5.74, 6) is 0.289. The first kappa shape index (κ1) is 21.7. The summed E-state index contributed by atoms with van der Waals surface area (Å²) in [5.41, 5.74) is 5.66. The Kier molecular flexibility index (Phi) is 16.8. The molecule has 0 amide bonds. The number of aliphatic hydroxyl groups is 1. The molecule has 0 rings (SSSR count). The third-order valence-corrected chi connectivity index (χ3v) is 4.57. The van der Waals surface area contributed by atoms with E-state index in [4.69, 9.17) is 5.73 Å². The molecular formula is C20H41NO. The molecule has 0 aromatic carbocycles. The summed E-state index contributed by atoms with van der Waals surface area (Å²) in [4.78, 5) is 0. The highest BCUT2D eigenvalue weighted by Crippen LogP contribution is 2.14. The molecule has 0 aliphatic carbocycles. The van der Waals surface area contributed by atoms with E-state index in [0.29, 0.717) is 6.54 Å². The van der Waals surface area contributed by atoms with Crippen molar-refractivity contribution in [3.8, 4) is 0 Å². The lowest BCUT2D eigenvalue weighted by atomic mass is 9.96. The van der Waals surface area contributed by atoms with Gasteiger partial charge in [-0.05, 0) is 51.5 Å². The van der Waals surface area contributed by atoms with Crippen molar-refractivity contribution in [1.82, 2.24) is 0 Å². The summed E-state index contributed by atoms with van der Waals surface area (Å²) >= 11 is 0. The van der Waals surface area contributed by atoms with Crippen molar-refractivity contribution >= 4 is 0 Å². The van der Waals surface area contributed by atoms with Crippen molar-refractivity contribution in [3.63, 3.8) is 0 Å². The normalized spacial score (nSPS) is 14.5. The van der Waals surface area contributed by atoms with Crippen molar-refractivity contribution in [2.75, 3.05) is 6.54 Å². The fraction of sp³-hybridized carbons (Fsp3) is 0.900. The third kappa shape index (κ3) is 14.6. The molecule has 0 aliphatic heterocycles. The first-order valence-corrected chi connectivity index (χ1v) is 9.75. The quantitative estimate of drug-likeness (QED) is 0.288. The highest BCUT2D eigenvalue weighted by molar-refractivity contribution is 4.81. The van der Waals surface area contributed by atoms with E-state index >= 15 is 0 Å². The van der Waals surface area contributed by atoms with Crippen LogP contribution in [0.1, 0.15) is 97.3 Å². The lowest BCUT2D eigenvalue weighted by Gasteiger charge is -2.17. The molecule has 2 atom stereocenters. The van der Waals surface area contributed by atoms with Gasteiger partial charge in [0.25, 0.3) is 0 Å². The van der Waals surface area contributed by atoms with Crippen LogP contribution >= 0.6 is 0 Å². The number of hydrogen-bond donors (Lipinski definition) is 2. The number of aliphatic hydroxyl groups excluding tert-OH is 1. The minimum atomic E-state index is -0.255. The summed E-state index contributed by atoms with van der Waals surface area (Å²) in [6, 6.07) is 0. The lowest BCUT2D eigenvalue weighted by molar-refractivity contribution is 0.122. The second-order valence-electron chi connectivity index (χ2n) is 6.76. The van der Waals surface area contributed by atoms with Crippen LogP contribution in [0.5, 0.6) is 0 Å². The van der Waals surface area contributed by atoms with Gasteiger partial charge in [0, 0.05) is 0 Å². The molecule has 0 aromatic heterocycles. The molecule has 0 saturated heterocycles. The summed E-state index contributed by atoms with van der Waals surface area (Å²) in [5, 5.41) is 9.53. The molecule has 2 heteroatoms. The van der Waals surface area contributed by atoms with Gasteiger partial charge in [-0.3, -0.25) is 0 Å². The fourth-order valence-corrected chi connectivity index (χ4v) is 2.86. The number of rotatable bonds is 16. The zero-order valence-corrected chi connectivity index (χ0v) is 15.2. The van der Waals surface area contributed by atoms with E-state index < -0.39 is 0 Å². The van der Waals surface area contributed by atoms with Crippen LogP contribution in [-0.4, -0.2) is 17.8 Å². The first-order chi connectivity index (χ1) is 10.7. The third-order valence-electron chi connectivity index (χ3n) is 4.57. The van der Waals surface area contributed by atoms with E-state index in [1.54, 1.807) is 0 Å². The van der Waals surface area contributed by atoms with E-state index in [-0.39, 0.29) is 12.0 Å². The van der Waals surface area contributed by atoms with Crippen molar-refractivity contribution in [1.29, 1.82) is 0 Å². The second-order valence-corrected chi connectivity index (χ2v) is 6.76. The average Bonchev–Trinajstić information content (AvgIpc) is 2.51. The number of allylic oxidation sites excluding steroid dienone is 2. The summed E-state index contributed by atoms with van der Waals surface area (Å²) in [6.45, 7) is 4.73. The Hall–Kier alpha value is -0.340. The first-order valence-electron chi connectivity index (χ1n) is 9.75. The van der Waals surface area contributed by atoms with Gasteiger partial charge in [-0.15, -0.1) is 0 Å². The van der Waals surface area contributed by atoms with Gasteiger partial charge in [-0.1, -0.05) is 70.4 Å². The van der Waals surface area contributed by atoms with E-state index in [9.17, 15) is 5.11 Å². The highest BCUT2D eigenvalue weighted by Gasteiger charge is 2.11. The van der Waals surface area contributed by atoms with E-state index in [1.165, 1.54) is 77.0 Å². The number of unbranched alkanes of at least 4 members (excludes halogenated alkanes) is 10. The zero-order chi connectivity index (χ0) is 16.5. The van der Waals surface area contributed by atoms with Crippen LogP contribution in [0.2, 0.25) is 0 Å². The van der Waals surface area contributed by atoms with Gasteiger partial charge in [-0.2, -0.15) is 0 Å². The fourth-order valence-electron chi connectivity index (χ4n) is 2.86. The van der Waals surface area contributed by atoms with Gasteiger partial charge in [-0.25, -0.2) is 0 Å². The zero-order valence-electron chi connectivity index (χ0n) is 15.2. The number of nitrogens with two attached hydrogens (primary N) is 1. The summed E-state index contributed by atoms with van der Waals surface area (Å²) in [7, 11) is 0. The Bertz CT molecular complexity index is 238. The highest BCUT2D eigenvalue weighted by atomic mass is 16.3. The van der Waals surface area contributed by atoms with Gasteiger partial charge >= 0.3 is 0 Å². The van der Waals surface area contributed by atoms with Gasteiger partial charge in [0.2, 0.25) is 0 Å². The van der Waals surface area contributed by atoms with Crippen molar-refractivity contribution in [2.24, 2.45) is 11.7 Å². The molecule has 132 valence electrons. The molecule has 0 bridgehead atoms. The Labute approximate surface area is 139 Å². The maximum atomic E-state index is 9.53. The smallest absolute Gasteiger partial charge is 0.0552 e. The monoisotopic (exact) mass is 311 g/mol. The average molecular weight is 312 g/mol. The van der Waals surface area contributed by atoms with Crippen LogP contribution in [0.15, 0.2) is 12.2 Å². The van der Waals surface area contributed by atoms with Crippen LogP contribution in [0.4, 0.5) is 0 Å². The Morgan fingerprint density at radius 3 is 1.82 bits per heavy atom. The van der Waals surface area contributed by atoms with Gasteiger partial charge in [0.1, 0.15) is 0 Å². The van der Waals surface area contributed by atoms with Gasteiger partial charge in [0.05, 0.1) is 6.10 Å². The predicted molar refractivity (Wildman–Crippen MR) is 99.1 cm³/mol. The molecule has 0 spiro atoms. The summed E-state index contributed by atoms with van der Waals surface area (Å²) < 4.78 is 0. The Balaban J connectivity index is 3.23. The van der Waals surface area contributed by atoms with Crippen molar-refractivity contribution in [3.05, 3.63) is 12.2 Å². The molecule has 0 radical (unpaired) electrons. The largest absolute Gasteiger partial charge is 0.393 e. The molecule has 0 aliphatic rings. The molecule has 0 heterocycles. The van der Waals surface area contributed by atoms with E-state index in [2.05, 4.69) is 19.1 Å². The van der Waals surface area contributed by atoms with Gasteiger partial charge in [0.15, 0.2) is 0 Å². The van der Waals surface area contributed by atoms with Crippen LogP contribution in [0, 0.1) is 5.92 Å². The van der Waals surface area contributed by atoms with Crippen LogP contribution in [0.25, 0.3) is 0 Å². The molecule has 0 fully saturated rings. The number of hydrogen-bond acceptors (Lipinski definition) is 2. The van der Waals surface area contributed by atoms with E-state index in [1.807, 2.05) is 6.92 Å². The summed E-state index contributed by atoms with van der Waals surface area (Å²) in [6.07, 6.45) is 21.5. The maximum Gasteiger partial charge on any atom is 0.0552 e. The molecule has 0 saturated carbocycles. The van der Waals surface area contributed by atoms with Crippen LogP contribution in [0.3, 0.4) is 0 Å². The van der Waals surface area contributed by atoms with Gasteiger partial charge < -0.3 is 10.8 Å². The Morgan fingerprint density at radius 1 is 0.818 bits per heavy atom. The lowest BCUT2D eigenvalue weighted by Crippen LogP contribution is -2.25. The van der Waals surface area contributed by atoms with Crippen molar-refractivity contribution < 1.29 is 5.11 Å². The minimum absolute atomic E-state index is 0.255. The Morgan fingerprint density at radius 2 is 1.32 bits per heavy atom. The minimum Gasteiger partial charge on any atom is -0.393 e. The molecule has 3 N–H and O–H groups in total. The van der Waals surface area contributed by atoms with Crippen molar-refractivity contribution in [2.45, 2.75) is 103 Å². The molecule has 22 heavy (non-hydrogen) atoms. The van der Waals surface area contributed by atoms with E-state index in [0.717, 1.165) is 6.42 Å². The molecular weight excluding hydrogens is 270 g/mol.